The average Bonchev–Trinajstić information content (AvgIpc) is 2.74. The molecule has 0 spiro atoms. The Morgan fingerprint density at radius 3 is 2.10 bits per heavy atom. The summed E-state index contributed by atoms with van der Waals surface area (Å²) >= 11 is 0. The molecule has 1 aromatic carbocycles. The van der Waals surface area contributed by atoms with Gasteiger partial charge in [-0.3, -0.25) is 0 Å². The molecule has 0 heterocycles. The van der Waals surface area contributed by atoms with Crippen molar-refractivity contribution < 1.29 is 19.1 Å². The van der Waals surface area contributed by atoms with Crippen LogP contribution in [0.15, 0.2) is 55.6 Å². The van der Waals surface area contributed by atoms with E-state index in [-0.39, 0.29) is 0 Å². The maximum absolute atomic E-state index is 12.5. The molecule has 0 amide bonds. The lowest BCUT2D eigenvalue weighted by Crippen LogP contribution is -2.35. The van der Waals surface area contributed by atoms with Crippen LogP contribution in [-0.4, -0.2) is 24.1 Å². The molecule has 0 fully saturated rings. The van der Waals surface area contributed by atoms with E-state index in [0.29, 0.717) is 18.4 Å². The lowest BCUT2D eigenvalue weighted by Gasteiger charge is -2.26. The standard InChI is InChI=1S/C25H36O4/c1-4-7-8-9-10-11-12-16-20-23(22(17-5-2)28-24(26)6-3)29-25(27)21-18-14-13-15-19-21/h5-6,13-15,18-19,22-23H,2-4,7-12,16-17,20H2,1H3/t22-,23+/m1/s1. The second-order valence-corrected chi connectivity index (χ2v) is 7.28. The Kier molecular flexibility index (Phi) is 13.2. The summed E-state index contributed by atoms with van der Waals surface area (Å²) in [6.45, 7) is 9.41. The van der Waals surface area contributed by atoms with E-state index in [0.717, 1.165) is 18.9 Å². The maximum Gasteiger partial charge on any atom is 0.338 e. The van der Waals surface area contributed by atoms with Gasteiger partial charge in [-0.05, 0) is 25.0 Å². The molecule has 0 bridgehead atoms. The van der Waals surface area contributed by atoms with Gasteiger partial charge < -0.3 is 9.47 Å². The molecule has 2 atom stereocenters. The molecular weight excluding hydrogens is 364 g/mol. The molecule has 0 saturated heterocycles. The summed E-state index contributed by atoms with van der Waals surface area (Å²) in [4.78, 5) is 24.3. The van der Waals surface area contributed by atoms with Crippen molar-refractivity contribution in [2.45, 2.75) is 83.3 Å². The van der Waals surface area contributed by atoms with Crippen LogP contribution >= 0.6 is 0 Å². The van der Waals surface area contributed by atoms with Crippen LogP contribution < -0.4 is 0 Å². The summed E-state index contributed by atoms with van der Waals surface area (Å²) in [6.07, 6.45) is 12.3. The van der Waals surface area contributed by atoms with Crippen LogP contribution in [-0.2, 0) is 14.3 Å². The van der Waals surface area contributed by atoms with Gasteiger partial charge in [-0.2, -0.15) is 0 Å². The number of hydrogen-bond acceptors (Lipinski definition) is 4. The normalized spacial score (nSPS) is 12.6. The van der Waals surface area contributed by atoms with Crippen molar-refractivity contribution in [3.8, 4) is 0 Å². The van der Waals surface area contributed by atoms with Gasteiger partial charge in [0.15, 0.2) is 0 Å². The predicted molar refractivity (Wildman–Crippen MR) is 118 cm³/mol. The Morgan fingerprint density at radius 1 is 0.897 bits per heavy atom. The van der Waals surface area contributed by atoms with Crippen molar-refractivity contribution in [1.82, 2.24) is 0 Å². The van der Waals surface area contributed by atoms with Gasteiger partial charge in [0.25, 0.3) is 0 Å². The lowest BCUT2D eigenvalue weighted by molar-refractivity contribution is -0.149. The number of unbranched alkanes of at least 4 members (excludes halogenated alkanes) is 7. The first kappa shape index (κ1) is 24.7. The third kappa shape index (κ3) is 10.7. The first-order valence-electron chi connectivity index (χ1n) is 10.8. The minimum Gasteiger partial charge on any atom is -0.455 e. The van der Waals surface area contributed by atoms with Gasteiger partial charge in [-0.15, -0.1) is 6.58 Å². The molecule has 1 rings (SSSR count). The van der Waals surface area contributed by atoms with E-state index in [1.54, 1.807) is 30.3 Å². The maximum atomic E-state index is 12.5. The van der Waals surface area contributed by atoms with Crippen molar-refractivity contribution in [1.29, 1.82) is 0 Å². The van der Waals surface area contributed by atoms with E-state index >= 15 is 0 Å². The summed E-state index contributed by atoms with van der Waals surface area (Å²) in [6, 6.07) is 8.87. The molecular formula is C25H36O4. The molecule has 160 valence electrons. The second kappa shape index (κ2) is 15.5. The van der Waals surface area contributed by atoms with Gasteiger partial charge in [0, 0.05) is 12.5 Å². The molecule has 0 radical (unpaired) electrons. The van der Waals surface area contributed by atoms with Crippen molar-refractivity contribution in [2.24, 2.45) is 0 Å². The van der Waals surface area contributed by atoms with E-state index < -0.39 is 24.1 Å². The first-order chi connectivity index (χ1) is 14.1. The van der Waals surface area contributed by atoms with Crippen LogP contribution in [0.1, 0.15) is 81.5 Å². The molecule has 0 aliphatic rings. The Labute approximate surface area is 176 Å². The second-order valence-electron chi connectivity index (χ2n) is 7.28. The predicted octanol–water partition coefficient (Wildman–Crippen LogP) is 6.42. The third-order valence-electron chi connectivity index (χ3n) is 4.86. The highest BCUT2D eigenvalue weighted by Crippen LogP contribution is 2.20. The summed E-state index contributed by atoms with van der Waals surface area (Å²) < 4.78 is 11.2. The van der Waals surface area contributed by atoms with E-state index in [9.17, 15) is 9.59 Å². The number of ether oxygens (including phenoxy) is 2. The quantitative estimate of drug-likeness (QED) is 0.139. The zero-order chi connectivity index (χ0) is 21.3. The zero-order valence-electron chi connectivity index (χ0n) is 17.8. The molecule has 4 heteroatoms. The smallest absolute Gasteiger partial charge is 0.338 e. The van der Waals surface area contributed by atoms with Crippen LogP contribution in [0.2, 0.25) is 0 Å². The Hall–Kier alpha value is -2.36. The molecule has 29 heavy (non-hydrogen) atoms. The van der Waals surface area contributed by atoms with E-state index in [4.69, 9.17) is 9.47 Å². The van der Waals surface area contributed by atoms with Crippen LogP contribution in [0.3, 0.4) is 0 Å². The monoisotopic (exact) mass is 400 g/mol. The SMILES string of the molecule is C=CC[C@@H](OC(=O)C=C)[C@H](CCCCCCCCCC)OC(=O)c1ccccc1. The van der Waals surface area contributed by atoms with Crippen LogP contribution in [0, 0.1) is 0 Å². The lowest BCUT2D eigenvalue weighted by atomic mass is 10.0. The molecule has 0 saturated carbocycles. The molecule has 0 aliphatic heterocycles. The number of rotatable bonds is 16. The number of hydrogen-bond donors (Lipinski definition) is 0. The average molecular weight is 401 g/mol. The fourth-order valence-corrected chi connectivity index (χ4v) is 3.22. The highest BCUT2D eigenvalue weighted by Gasteiger charge is 2.27. The number of esters is 2. The molecule has 4 nitrogen and oxygen atoms in total. The Balaban J connectivity index is 2.65. The molecule has 0 aliphatic carbocycles. The third-order valence-corrected chi connectivity index (χ3v) is 4.86. The van der Waals surface area contributed by atoms with Gasteiger partial charge in [0.1, 0.15) is 12.2 Å². The van der Waals surface area contributed by atoms with Crippen LogP contribution in [0.25, 0.3) is 0 Å². The van der Waals surface area contributed by atoms with E-state index in [1.165, 1.54) is 38.5 Å². The van der Waals surface area contributed by atoms with Crippen molar-refractivity contribution >= 4 is 11.9 Å². The van der Waals surface area contributed by atoms with Gasteiger partial charge in [-0.25, -0.2) is 9.59 Å². The molecule has 0 N–H and O–H groups in total. The van der Waals surface area contributed by atoms with Crippen molar-refractivity contribution in [2.75, 3.05) is 0 Å². The number of carbonyl (C=O) groups is 2. The topological polar surface area (TPSA) is 52.6 Å². The minimum atomic E-state index is -0.560. The van der Waals surface area contributed by atoms with Gasteiger partial charge in [-0.1, -0.05) is 82.7 Å². The van der Waals surface area contributed by atoms with E-state index in [2.05, 4.69) is 20.1 Å². The zero-order valence-corrected chi connectivity index (χ0v) is 17.8. The minimum absolute atomic E-state index is 0.404. The molecule has 1 aromatic rings. The van der Waals surface area contributed by atoms with Crippen molar-refractivity contribution in [3.05, 3.63) is 61.2 Å². The van der Waals surface area contributed by atoms with Gasteiger partial charge in [0.05, 0.1) is 5.56 Å². The summed E-state index contributed by atoms with van der Waals surface area (Å²) in [5.41, 5.74) is 0.487. The largest absolute Gasteiger partial charge is 0.455 e. The number of benzene rings is 1. The first-order valence-corrected chi connectivity index (χ1v) is 10.8. The van der Waals surface area contributed by atoms with Crippen molar-refractivity contribution in [3.63, 3.8) is 0 Å². The Morgan fingerprint density at radius 2 is 1.52 bits per heavy atom. The summed E-state index contributed by atoms with van der Waals surface area (Å²) in [7, 11) is 0. The van der Waals surface area contributed by atoms with Gasteiger partial charge >= 0.3 is 11.9 Å². The highest BCUT2D eigenvalue weighted by atomic mass is 16.6. The fraction of sp³-hybridized carbons (Fsp3) is 0.520. The highest BCUT2D eigenvalue weighted by molar-refractivity contribution is 5.89. The summed E-state index contributed by atoms with van der Waals surface area (Å²) in [5, 5.41) is 0. The summed E-state index contributed by atoms with van der Waals surface area (Å²) in [5.74, 6) is -0.924. The molecule has 0 aromatic heterocycles. The Bertz CT molecular complexity index is 609. The number of carbonyl (C=O) groups excluding carboxylic acids is 2. The molecule has 0 unspecified atom stereocenters. The van der Waals surface area contributed by atoms with Crippen LogP contribution in [0.4, 0.5) is 0 Å². The van der Waals surface area contributed by atoms with Crippen LogP contribution in [0.5, 0.6) is 0 Å². The van der Waals surface area contributed by atoms with Gasteiger partial charge in [0.2, 0.25) is 0 Å². The fourth-order valence-electron chi connectivity index (χ4n) is 3.22. The van der Waals surface area contributed by atoms with E-state index in [1.807, 2.05) is 6.07 Å².